The minimum atomic E-state index is 0.322. The molecule has 0 saturated heterocycles. The van der Waals surface area contributed by atoms with Gasteiger partial charge < -0.3 is 9.15 Å². The molecule has 1 aliphatic carbocycles. The summed E-state index contributed by atoms with van der Waals surface area (Å²) in [7, 11) is 0. The lowest BCUT2D eigenvalue weighted by atomic mass is 9.98. The number of hydrogen-bond donors (Lipinski definition) is 0. The van der Waals surface area contributed by atoms with Crippen molar-refractivity contribution >= 4 is 27.4 Å². The first-order valence-electron chi connectivity index (χ1n) is 9.21. The summed E-state index contributed by atoms with van der Waals surface area (Å²) in [6.07, 6.45) is 9.21. The average Bonchev–Trinajstić information content (AvgIpc) is 3.34. The zero-order valence-corrected chi connectivity index (χ0v) is 15.5. The molecule has 0 radical (unpaired) electrons. The first-order valence-corrected chi connectivity index (χ1v) is 10.0. The second-order valence-electron chi connectivity index (χ2n) is 6.73. The number of aryl methyl sites for hydroxylation is 1. The van der Waals surface area contributed by atoms with E-state index < -0.39 is 0 Å². The molecule has 3 heterocycles. The lowest BCUT2D eigenvalue weighted by molar-refractivity contribution is 0.155. The molecule has 1 fully saturated rings. The number of oxazole rings is 1. The molecular weight excluding hydrogens is 348 g/mol. The first-order chi connectivity index (χ1) is 12.8. The highest BCUT2D eigenvalue weighted by Crippen LogP contribution is 2.29. The third kappa shape index (κ3) is 2.86. The zero-order chi connectivity index (χ0) is 17.5. The van der Waals surface area contributed by atoms with E-state index in [0.717, 1.165) is 46.1 Å². The van der Waals surface area contributed by atoms with Gasteiger partial charge in [-0.2, -0.15) is 5.10 Å². The van der Waals surface area contributed by atoms with Gasteiger partial charge in [0.25, 0.3) is 0 Å². The molecule has 6 nitrogen and oxygen atoms in total. The molecule has 0 spiro atoms. The fraction of sp³-hybridized carbons (Fsp3) is 0.421. The molecule has 0 atom stereocenters. The normalized spacial score (nSPS) is 15.9. The van der Waals surface area contributed by atoms with Crippen molar-refractivity contribution in [2.45, 2.75) is 51.6 Å². The lowest BCUT2D eigenvalue weighted by Gasteiger charge is -2.22. The van der Waals surface area contributed by atoms with Gasteiger partial charge in [-0.25, -0.2) is 14.5 Å². The molecule has 3 aromatic heterocycles. The minimum Gasteiger partial charge on any atom is -0.490 e. The second kappa shape index (κ2) is 6.39. The van der Waals surface area contributed by atoms with Crippen molar-refractivity contribution in [1.29, 1.82) is 0 Å². The largest absolute Gasteiger partial charge is 0.490 e. The Balaban J connectivity index is 1.43. The third-order valence-electron chi connectivity index (χ3n) is 4.82. The van der Waals surface area contributed by atoms with Crippen LogP contribution in [0.3, 0.4) is 0 Å². The highest BCUT2D eigenvalue weighted by Gasteiger charge is 2.17. The molecule has 1 aromatic carbocycles. The maximum atomic E-state index is 6.12. The van der Waals surface area contributed by atoms with Crippen LogP contribution in [-0.2, 0) is 6.42 Å². The molecular formula is C19H20N4O2S. The standard InChI is InChI=1S/C19H20N4O2S/c1-2-17-22-23-11-15(21-19(23)26-17)18-20-14-9-8-13(10-16(14)25-18)24-12-6-4-3-5-7-12/h8-12H,2-7H2,1H3. The van der Waals surface area contributed by atoms with Crippen molar-refractivity contribution in [3.8, 4) is 17.3 Å². The van der Waals surface area contributed by atoms with Crippen LogP contribution in [0.1, 0.15) is 44.0 Å². The summed E-state index contributed by atoms with van der Waals surface area (Å²) < 4.78 is 13.9. The highest BCUT2D eigenvalue weighted by atomic mass is 32.1. The Morgan fingerprint density at radius 1 is 1.23 bits per heavy atom. The van der Waals surface area contributed by atoms with Crippen molar-refractivity contribution < 1.29 is 9.15 Å². The zero-order valence-electron chi connectivity index (χ0n) is 14.6. The van der Waals surface area contributed by atoms with Crippen molar-refractivity contribution in [2.75, 3.05) is 0 Å². The molecule has 134 valence electrons. The fourth-order valence-corrected chi connectivity index (χ4v) is 4.27. The van der Waals surface area contributed by atoms with Gasteiger partial charge in [-0.05, 0) is 44.2 Å². The Labute approximate surface area is 154 Å². The van der Waals surface area contributed by atoms with Gasteiger partial charge in [-0.3, -0.25) is 0 Å². The second-order valence-corrected chi connectivity index (χ2v) is 7.77. The smallest absolute Gasteiger partial charge is 0.247 e. The molecule has 7 heteroatoms. The number of ether oxygens (including phenoxy) is 1. The van der Waals surface area contributed by atoms with Crippen molar-refractivity contribution in [2.24, 2.45) is 0 Å². The van der Waals surface area contributed by atoms with Crippen LogP contribution in [0, 0.1) is 0 Å². The third-order valence-corrected chi connectivity index (χ3v) is 5.89. The summed E-state index contributed by atoms with van der Waals surface area (Å²) >= 11 is 1.59. The topological polar surface area (TPSA) is 65.5 Å². The Bertz CT molecular complexity index is 1030. The van der Waals surface area contributed by atoms with Crippen molar-refractivity contribution in [3.63, 3.8) is 0 Å². The number of nitrogens with zero attached hydrogens (tertiary/aromatic N) is 4. The van der Waals surface area contributed by atoms with E-state index in [9.17, 15) is 0 Å². The number of imidazole rings is 1. The predicted octanol–water partition coefficient (Wildman–Crippen LogP) is 4.87. The van der Waals surface area contributed by atoms with E-state index in [0.29, 0.717) is 17.7 Å². The summed E-state index contributed by atoms with van der Waals surface area (Å²) in [5.74, 6) is 1.37. The molecule has 1 aliphatic rings. The van der Waals surface area contributed by atoms with Crippen LogP contribution >= 0.6 is 11.3 Å². The molecule has 0 bridgehead atoms. The fourth-order valence-electron chi connectivity index (χ4n) is 3.45. The summed E-state index contributed by atoms with van der Waals surface area (Å²) in [5, 5.41) is 5.56. The Kier molecular flexibility index (Phi) is 3.89. The van der Waals surface area contributed by atoms with Crippen LogP contribution in [0.5, 0.6) is 5.75 Å². The van der Waals surface area contributed by atoms with Gasteiger partial charge in [0, 0.05) is 6.07 Å². The maximum Gasteiger partial charge on any atom is 0.247 e. The van der Waals surface area contributed by atoms with Crippen LogP contribution in [0.25, 0.3) is 27.6 Å². The van der Waals surface area contributed by atoms with E-state index in [1.54, 1.807) is 15.9 Å². The Morgan fingerprint density at radius 2 is 2.12 bits per heavy atom. The van der Waals surface area contributed by atoms with Gasteiger partial charge >= 0.3 is 0 Å². The number of aromatic nitrogens is 4. The van der Waals surface area contributed by atoms with Gasteiger partial charge in [-0.15, -0.1) is 0 Å². The molecule has 0 amide bonds. The van der Waals surface area contributed by atoms with Gasteiger partial charge in [0.2, 0.25) is 10.9 Å². The van der Waals surface area contributed by atoms with E-state index in [2.05, 4.69) is 22.0 Å². The number of benzene rings is 1. The Morgan fingerprint density at radius 3 is 2.92 bits per heavy atom. The predicted molar refractivity (Wildman–Crippen MR) is 101 cm³/mol. The van der Waals surface area contributed by atoms with Gasteiger partial charge in [0.1, 0.15) is 22.0 Å². The minimum absolute atomic E-state index is 0.322. The van der Waals surface area contributed by atoms with E-state index in [-0.39, 0.29) is 0 Å². The van der Waals surface area contributed by atoms with Crippen LogP contribution in [0.4, 0.5) is 0 Å². The van der Waals surface area contributed by atoms with E-state index in [1.807, 2.05) is 24.4 Å². The SMILES string of the molecule is CCc1nn2cc(-c3nc4ccc(OC5CCCCC5)cc4o3)nc2s1. The quantitative estimate of drug-likeness (QED) is 0.514. The Hall–Kier alpha value is -2.41. The summed E-state index contributed by atoms with van der Waals surface area (Å²) in [5.41, 5.74) is 2.25. The number of hydrogen-bond acceptors (Lipinski definition) is 6. The van der Waals surface area contributed by atoms with Crippen LogP contribution in [0.2, 0.25) is 0 Å². The molecule has 0 aliphatic heterocycles. The monoisotopic (exact) mass is 368 g/mol. The van der Waals surface area contributed by atoms with E-state index >= 15 is 0 Å². The molecule has 1 saturated carbocycles. The first kappa shape index (κ1) is 15.8. The van der Waals surface area contributed by atoms with Crippen molar-refractivity contribution in [1.82, 2.24) is 19.6 Å². The maximum absolute atomic E-state index is 6.12. The summed E-state index contributed by atoms with van der Waals surface area (Å²) in [4.78, 5) is 10.0. The molecule has 5 rings (SSSR count). The van der Waals surface area contributed by atoms with Crippen LogP contribution < -0.4 is 4.74 Å². The summed E-state index contributed by atoms with van der Waals surface area (Å²) in [6.45, 7) is 2.09. The van der Waals surface area contributed by atoms with Gasteiger partial charge in [0.15, 0.2) is 5.58 Å². The van der Waals surface area contributed by atoms with Gasteiger partial charge in [0.05, 0.1) is 12.3 Å². The van der Waals surface area contributed by atoms with Crippen LogP contribution in [-0.4, -0.2) is 25.7 Å². The van der Waals surface area contributed by atoms with Gasteiger partial charge in [-0.1, -0.05) is 24.7 Å². The number of fused-ring (bicyclic) bond motifs is 2. The summed E-state index contributed by atoms with van der Waals surface area (Å²) in [6, 6.07) is 5.86. The average molecular weight is 368 g/mol. The molecule has 26 heavy (non-hydrogen) atoms. The lowest BCUT2D eigenvalue weighted by Crippen LogP contribution is -2.19. The molecule has 4 aromatic rings. The highest BCUT2D eigenvalue weighted by molar-refractivity contribution is 7.16. The van der Waals surface area contributed by atoms with Crippen LogP contribution in [0.15, 0.2) is 28.8 Å². The molecule has 0 N–H and O–H groups in total. The van der Waals surface area contributed by atoms with Crippen molar-refractivity contribution in [3.05, 3.63) is 29.4 Å². The van der Waals surface area contributed by atoms with E-state index in [4.69, 9.17) is 9.15 Å². The molecule has 0 unspecified atom stereocenters. The van der Waals surface area contributed by atoms with E-state index in [1.165, 1.54) is 19.3 Å². The number of rotatable bonds is 4.